The Balaban J connectivity index is 1.64. The second kappa shape index (κ2) is 4.77. The lowest BCUT2D eigenvalue weighted by molar-refractivity contribution is -0.0700. The Kier molecular flexibility index (Phi) is 3.47. The zero-order valence-corrected chi connectivity index (χ0v) is 12.2. The molecular formula is C15H27NS. The molecule has 4 fully saturated rings. The molecule has 1 unspecified atom stereocenters. The van der Waals surface area contributed by atoms with Crippen molar-refractivity contribution in [3.8, 4) is 0 Å². The molecule has 4 rings (SSSR count). The summed E-state index contributed by atoms with van der Waals surface area (Å²) in [5, 5.41) is 3.82. The fourth-order valence-corrected chi connectivity index (χ4v) is 5.62. The third kappa shape index (κ3) is 2.28. The van der Waals surface area contributed by atoms with Gasteiger partial charge in [0.05, 0.1) is 0 Å². The molecule has 0 amide bonds. The van der Waals surface area contributed by atoms with Crippen molar-refractivity contribution in [1.82, 2.24) is 5.32 Å². The monoisotopic (exact) mass is 253 g/mol. The molecule has 4 aliphatic rings. The summed E-state index contributed by atoms with van der Waals surface area (Å²) in [5.41, 5.74) is 0.688. The average molecular weight is 253 g/mol. The molecule has 4 bridgehead atoms. The highest BCUT2D eigenvalue weighted by Crippen LogP contribution is 2.61. The molecule has 1 atom stereocenters. The van der Waals surface area contributed by atoms with Gasteiger partial charge < -0.3 is 5.32 Å². The van der Waals surface area contributed by atoms with Crippen LogP contribution in [0.1, 0.15) is 45.4 Å². The number of nitrogens with one attached hydrogen (secondary N) is 1. The standard InChI is InChI=1S/C15H27NS/c1-11(16-3-4-17-2)15-8-12-5-13(9-15)7-14(6-12)10-15/h11-14,16H,3-10H2,1-2H3. The van der Waals surface area contributed by atoms with Gasteiger partial charge in [0.25, 0.3) is 0 Å². The molecule has 1 nitrogen and oxygen atoms in total. The summed E-state index contributed by atoms with van der Waals surface area (Å²) in [7, 11) is 0. The zero-order valence-electron chi connectivity index (χ0n) is 11.4. The molecular weight excluding hydrogens is 226 g/mol. The van der Waals surface area contributed by atoms with Gasteiger partial charge >= 0.3 is 0 Å². The van der Waals surface area contributed by atoms with Crippen molar-refractivity contribution >= 4 is 11.8 Å². The van der Waals surface area contributed by atoms with Crippen LogP contribution in [0.25, 0.3) is 0 Å². The van der Waals surface area contributed by atoms with Crippen molar-refractivity contribution < 1.29 is 0 Å². The molecule has 0 aromatic carbocycles. The van der Waals surface area contributed by atoms with Gasteiger partial charge in [-0.2, -0.15) is 11.8 Å². The fraction of sp³-hybridized carbons (Fsp3) is 1.00. The minimum absolute atomic E-state index is 0.688. The van der Waals surface area contributed by atoms with Gasteiger partial charge in [-0.05, 0) is 74.9 Å². The largest absolute Gasteiger partial charge is 0.313 e. The van der Waals surface area contributed by atoms with Crippen LogP contribution in [0.15, 0.2) is 0 Å². The van der Waals surface area contributed by atoms with E-state index in [-0.39, 0.29) is 0 Å². The van der Waals surface area contributed by atoms with Gasteiger partial charge in [-0.15, -0.1) is 0 Å². The average Bonchev–Trinajstić information content (AvgIpc) is 2.27. The first-order valence-corrected chi connectivity index (χ1v) is 8.83. The summed E-state index contributed by atoms with van der Waals surface area (Å²) < 4.78 is 0. The third-order valence-electron chi connectivity index (χ3n) is 5.76. The van der Waals surface area contributed by atoms with Gasteiger partial charge in [0.2, 0.25) is 0 Å². The van der Waals surface area contributed by atoms with Gasteiger partial charge in [0.1, 0.15) is 0 Å². The summed E-state index contributed by atoms with van der Waals surface area (Å²) in [4.78, 5) is 0. The maximum Gasteiger partial charge on any atom is 0.00958 e. The Bertz CT molecular complexity index is 241. The number of hydrogen-bond donors (Lipinski definition) is 1. The minimum atomic E-state index is 0.688. The highest BCUT2D eigenvalue weighted by atomic mass is 32.2. The SMILES string of the molecule is CSCCNC(C)C12CC3CC(CC(C3)C1)C2. The van der Waals surface area contributed by atoms with Gasteiger partial charge in [0, 0.05) is 18.3 Å². The first-order valence-electron chi connectivity index (χ1n) is 7.44. The van der Waals surface area contributed by atoms with Crippen molar-refractivity contribution in [3.63, 3.8) is 0 Å². The van der Waals surface area contributed by atoms with Crippen LogP contribution in [0.3, 0.4) is 0 Å². The minimum Gasteiger partial charge on any atom is -0.313 e. The quantitative estimate of drug-likeness (QED) is 0.752. The van der Waals surface area contributed by atoms with Gasteiger partial charge in [0.15, 0.2) is 0 Å². The zero-order chi connectivity index (χ0) is 11.9. The summed E-state index contributed by atoms with van der Waals surface area (Å²) >= 11 is 1.96. The topological polar surface area (TPSA) is 12.0 Å². The van der Waals surface area contributed by atoms with Crippen LogP contribution < -0.4 is 5.32 Å². The van der Waals surface area contributed by atoms with Gasteiger partial charge in [-0.3, -0.25) is 0 Å². The summed E-state index contributed by atoms with van der Waals surface area (Å²) in [6.45, 7) is 3.66. The first kappa shape index (κ1) is 12.3. The molecule has 0 aliphatic heterocycles. The Morgan fingerprint density at radius 1 is 1.12 bits per heavy atom. The highest BCUT2D eigenvalue weighted by Gasteiger charge is 2.52. The molecule has 98 valence electrons. The van der Waals surface area contributed by atoms with Crippen molar-refractivity contribution in [1.29, 1.82) is 0 Å². The van der Waals surface area contributed by atoms with Crippen LogP contribution in [-0.4, -0.2) is 24.6 Å². The molecule has 2 heteroatoms. The third-order valence-corrected chi connectivity index (χ3v) is 6.37. The van der Waals surface area contributed by atoms with E-state index in [1.54, 1.807) is 19.3 Å². The van der Waals surface area contributed by atoms with Crippen LogP contribution in [-0.2, 0) is 0 Å². The number of thioether (sulfide) groups is 1. The predicted molar refractivity (Wildman–Crippen MR) is 76.5 cm³/mol. The Hall–Kier alpha value is 0.310. The molecule has 4 aliphatic carbocycles. The van der Waals surface area contributed by atoms with Crippen LogP contribution in [0.5, 0.6) is 0 Å². The smallest absolute Gasteiger partial charge is 0.00958 e. The number of hydrogen-bond acceptors (Lipinski definition) is 2. The summed E-state index contributed by atoms with van der Waals surface area (Å²) in [5.74, 6) is 4.53. The van der Waals surface area contributed by atoms with Crippen LogP contribution >= 0.6 is 11.8 Å². The van der Waals surface area contributed by atoms with E-state index >= 15 is 0 Å². The van der Waals surface area contributed by atoms with E-state index < -0.39 is 0 Å². The first-order chi connectivity index (χ1) is 8.22. The molecule has 0 saturated heterocycles. The lowest BCUT2D eigenvalue weighted by atomic mass is 9.48. The second-order valence-corrected chi connectivity index (χ2v) is 7.93. The lowest BCUT2D eigenvalue weighted by Gasteiger charge is -2.59. The van der Waals surface area contributed by atoms with E-state index in [1.807, 2.05) is 11.8 Å². The summed E-state index contributed by atoms with van der Waals surface area (Å²) in [6, 6.07) is 0.753. The van der Waals surface area contributed by atoms with Crippen LogP contribution in [0.4, 0.5) is 0 Å². The maximum absolute atomic E-state index is 3.82. The lowest BCUT2D eigenvalue weighted by Crippen LogP contribution is -2.55. The van der Waals surface area contributed by atoms with Crippen molar-refractivity contribution in [3.05, 3.63) is 0 Å². The van der Waals surface area contributed by atoms with E-state index in [9.17, 15) is 0 Å². The van der Waals surface area contributed by atoms with Crippen LogP contribution in [0.2, 0.25) is 0 Å². The normalized spacial score (nSPS) is 45.2. The fourth-order valence-electron chi connectivity index (χ4n) is 5.30. The molecule has 0 aromatic heterocycles. The molecule has 0 heterocycles. The summed E-state index contributed by atoms with van der Waals surface area (Å²) in [6.07, 6.45) is 11.5. The van der Waals surface area contributed by atoms with E-state index in [0.717, 1.165) is 23.8 Å². The van der Waals surface area contributed by atoms with Crippen LogP contribution in [0, 0.1) is 23.2 Å². The molecule has 0 spiro atoms. The molecule has 4 saturated carbocycles. The highest BCUT2D eigenvalue weighted by molar-refractivity contribution is 7.98. The van der Waals surface area contributed by atoms with Gasteiger partial charge in [-0.1, -0.05) is 0 Å². The molecule has 0 radical (unpaired) electrons. The van der Waals surface area contributed by atoms with E-state index in [1.165, 1.54) is 31.6 Å². The van der Waals surface area contributed by atoms with E-state index in [0.29, 0.717) is 5.41 Å². The molecule has 17 heavy (non-hydrogen) atoms. The Morgan fingerprint density at radius 3 is 2.12 bits per heavy atom. The molecule has 1 N–H and O–H groups in total. The molecule has 0 aromatic rings. The predicted octanol–water partition coefficient (Wildman–Crippen LogP) is 3.54. The Labute approximate surface area is 111 Å². The van der Waals surface area contributed by atoms with Crippen molar-refractivity contribution in [2.24, 2.45) is 23.2 Å². The van der Waals surface area contributed by atoms with E-state index in [4.69, 9.17) is 0 Å². The maximum atomic E-state index is 3.82. The van der Waals surface area contributed by atoms with Crippen molar-refractivity contribution in [2.45, 2.75) is 51.5 Å². The second-order valence-electron chi connectivity index (χ2n) is 6.95. The van der Waals surface area contributed by atoms with Crippen molar-refractivity contribution in [2.75, 3.05) is 18.6 Å². The Morgan fingerprint density at radius 2 is 1.65 bits per heavy atom. The van der Waals surface area contributed by atoms with E-state index in [2.05, 4.69) is 18.5 Å². The number of rotatable bonds is 5. The van der Waals surface area contributed by atoms with Gasteiger partial charge in [-0.25, -0.2) is 0 Å².